The average Bonchev–Trinajstić information content (AvgIpc) is 3.28. The molecule has 1 N–H and O–H groups in total. The fraction of sp³-hybridized carbons (Fsp3) is 0.263. The molecule has 4 rings (SSSR count). The minimum atomic E-state index is -0.555. The molecular formula is C19H16Cl2N2O4. The Morgan fingerprint density at radius 2 is 1.78 bits per heavy atom. The zero-order valence-electron chi connectivity index (χ0n) is 14.2. The summed E-state index contributed by atoms with van der Waals surface area (Å²) < 4.78 is 10.6. The van der Waals surface area contributed by atoms with Crippen LogP contribution in [-0.2, 0) is 4.79 Å². The van der Waals surface area contributed by atoms with Crippen molar-refractivity contribution in [1.82, 2.24) is 4.90 Å². The highest BCUT2D eigenvalue weighted by atomic mass is 35.5. The molecule has 0 radical (unpaired) electrons. The topological polar surface area (TPSA) is 67.9 Å². The van der Waals surface area contributed by atoms with Gasteiger partial charge in [0, 0.05) is 27.8 Å². The molecular weight excluding hydrogens is 391 g/mol. The standard InChI is InChI=1S/C19H16Cl2N2O4/c20-12-7-13(21)9-14(8-12)22-18(24)15-2-1-5-23(15)19(25)11-3-4-16-17(6-11)27-10-26-16/h3-4,6-9,15H,1-2,5,10H2,(H,22,24)/t15-/m0/s1. The van der Waals surface area contributed by atoms with Crippen molar-refractivity contribution in [2.45, 2.75) is 18.9 Å². The molecule has 0 unspecified atom stereocenters. The normalized spacial score (nSPS) is 17.9. The molecule has 27 heavy (non-hydrogen) atoms. The van der Waals surface area contributed by atoms with Crippen LogP contribution in [0.1, 0.15) is 23.2 Å². The van der Waals surface area contributed by atoms with Crippen molar-refractivity contribution < 1.29 is 19.1 Å². The molecule has 140 valence electrons. The van der Waals surface area contributed by atoms with Crippen LogP contribution < -0.4 is 14.8 Å². The Kier molecular flexibility index (Phi) is 4.85. The van der Waals surface area contributed by atoms with Gasteiger partial charge in [0.25, 0.3) is 5.91 Å². The van der Waals surface area contributed by atoms with Gasteiger partial charge in [-0.05, 0) is 49.2 Å². The van der Waals surface area contributed by atoms with E-state index < -0.39 is 6.04 Å². The Bertz CT molecular complexity index is 898. The molecule has 1 saturated heterocycles. The molecule has 1 atom stereocenters. The number of fused-ring (bicyclic) bond motifs is 1. The lowest BCUT2D eigenvalue weighted by atomic mass is 10.1. The number of carbonyl (C=O) groups excluding carboxylic acids is 2. The van der Waals surface area contributed by atoms with Gasteiger partial charge in [-0.1, -0.05) is 23.2 Å². The first-order valence-electron chi connectivity index (χ1n) is 8.49. The van der Waals surface area contributed by atoms with Gasteiger partial charge < -0.3 is 19.7 Å². The van der Waals surface area contributed by atoms with Crippen LogP contribution in [0.2, 0.25) is 10.0 Å². The van der Waals surface area contributed by atoms with Crippen molar-refractivity contribution in [3.8, 4) is 11.5 Å². The summed E-state index contributed by atoms with van der Waals surface area (Å²) in [6.45, 7) is 0.658. The highest BCUT2D eigenvalue weighted by Gasteiger charge is 2.35. The van der Waals surface area contributed by atoms with E-state index in [2.05, 4.69) is 5.32 Å². The molecule has 2 aliphatic rings. The third-order valence-electron chi connectivity index (χ3n) is 4.57. The van der Waals surface area contributed by atoms with Gasteiger partial charge in [0.2, 0.25) is 12.7 Å². The van der Waals surface area contributed by atoms with E-state index in [9.17, 15) is 9.59 Å². The van der Waals surface area contributed by atoms with E-state index in [0.717, 1.165) is 6.42 Å². The number of rotatable bonds is 3. The van der Waals surface area contributed by atoms with Gasteiger partial charge in [0.05, 0.1) is 0 Å². The van der Waals surface area contributed by atoms with Crippen LogP contribution in [0.4, 0.5) is 5.69 Å². The Morgan fingerprint density at radius 1 is 1.04 bits per heavy atom. The second kappa shape index (κ2) is 7.29. The average molecular weight is 407 g/mol. The maximum atomic E-state index is 12.9. The second-order valence-electron chi connectivity index (χ2n) is 6.37. The minimum Gasteiger partial charge on any atom is -0.454 e. The number of nitrogens with one attached hydrogen (secondary N) is 1. The highest BCUT2D eigenvalue weighted by Crippen LogP contribution is 2.33. The minimum absolute atomic E-state index is 0.143. The van der Waals surface area contributed by atoms with Gasteiger partial charge in [-0.2, -0.15) is 0 Å². The quantitative estimate of drug-likeness (QED) is 0.837. The van der Waals surface area contributed by atoms with Gasteiger partial charge >= 0.3 is 0 Å². The number of hydrogen-bond acceptors (Lipinski definition) is 4. The monoisotopic (exact) mass is 406 g/mol. The van der Waals surface area contributed by atoms with Crippen LogP contribution in [0.5, 0.6) is 11.5 Å². The van der Waals surface area contributed by atoms with E-state index in [0.29, 0.717) is 45.8 Å². The van der Waals surface area contributed by atoms with E-state index in [1.165, 1.54) is 0 Å². The summed E-state index contributed by atoms with van der Waals surface area (Å²) in [5.41, 5.74) is 0.963. The van der Waals surface area contributed by atoms with Crippen molar-refractivity contribution >= 4 is 40.7 Å². The summed E-state index contributed by atoms with van der Waals surface area (Å²) in [7, 11) is 0. The Hall–Kier alpha value is -2.44. The van der Waals surface area contributed by atoms with E-state index >= 15 is 0 Å². The van der Waals surface area contributed by atoms with Crippen molar-refractivity contribution in [3.63, 3.8) is 0 Å². The molecule has 2 aromatic carbocycles. The third kappa shape index (κ3) is 3.68. The Morgan fingerprint density at radius 3 is 2.56 bits per heavy atom. The molecule has 0 bridgehead atoms. The van der Waals surface area contributed by atoms with Crippen LogP contribution >= 0.6 is 23.2 Å². The summed E-state index contributed by atoms with van der Waals surface area (Å²) in [6.07, 6.45) is 1.35. The predicted octanol–water partition coefficient (Wildman–Crippen LogP) is 3.97. The number of benzene rings is 2. The fourth-order valence-electron chi connectivity index (χ4n) is 3.33. The number of halogens is 2. The summed E-state index contributed by atoms with van der Waals surface area (Å²) in [5.74, 6) is 0.671. The lowest BCUT2D eigenvalue weighted by Crippen LogP contribution is -2.43. The zero-order valence-corrected chi connectivity index (χ0v) is 15.7. The van der Waals surface area contributed by atoms with Gasteiger partial charge in [0.15, 0.2) is 11.5 Å². The van der Waals surface area contributed by atoms with Crippen LogP contribution in [0.15, 0.2) is 36.4 Å². The summed E-state index contributed by atoms with van der Waals surface area (Å²) in [4.78, 5) is 27.2. The van der Waals surface area contributed by atoms with Gasteiger partial charge in [-0.25, -0.2) is 0 Å². The molecule has 8 heteroatoms. The summed E-state index contributed by atoms with van der Waals surface area (Å²) >= 11 is 12.0. The van der Waals surface area contributed by atoms with Crippen LogP contribution in [-0.4, -0.2) is 36.1 Å². The van der Waals surface area contributed by atoms with E-state index in [1.807, 2.05) is 0 Å². The molecule has 2 aromatic rings. The van der Waals surface area contributed by atoms with E-state index in [-0.39, 0.29) is 18.6 Å². The van der Waals surface area contributed by atoms with Crippen molar-refractivity contribution in [2.24, 2.45) is 0 Å². The largest absolute Gasteiger partial charge is 0.454 e. The van der Waals surface area contributed by atoms with Gasteiger partial charge in [0.1, 0.15) is 6.04 Å². The number of amides is 2. The van der Waals surface area contributed by atoms with Crippen LogP contribution in [0.25, 0.3) is 0 Å². The molecule has 0 spiro atoms. The fourth-order valence-corrected chi connectivity index (χ4v) is 3.86. The lowest BCUT2D eigenvalue weighted by Gasteiger charge is -2.24. The first-order chi connectivity index (χ1) is 13.0. The molecule has 2 aliphatic heterocycles. The zero-order chi connectivity index (χ0) is 19.0. The smallest absolute Gasteiger partial charge is 0.254 e. The molecule has 2 amide bonds. The first-order valence-corrected chi connectivity index (χ1v) is 9.24. The Balaban J connectivity index is 1.51. The van der Waals surface area contributed by atoms with Gasteiger partial charge in [-0.3, -0.25) is 9.59 Å². The number of anilines is 1. The third-order valence-corrected chi connectivity index (χ3v) is 5.00. The number of hydrogen-bond donors (Lipinski definition) is 1. The summed E-state index contributed by atoms with van der Waals surface area (Å²) in [6, 6.07) is 9.29. The van der Waals surface area contributed by atoms with E-state index in [1.54, 1.807) is 41.3 Å². The van der Waals surface area contributed by atoms with Crippen molar-refractivity contribution in [2.75, 3.05) is 18.7 Å². The maximum absolute atomic E-state index is 12.9. The molecule has 1 fully saturated rings. The molecule has 0 aliphatic carbocycles. The SMILES string of the molecule is O=C(Nc1cc(Cl)cc(Cl)c1)[C@@H]1CCCN1C(=O)c1ccc2c(c1)OCO2. The lowest BCUT2D eigenvalue weighted by molar-refractivity contribution is -0.119. The molecule has 6 nitrogen and oxygen atoms in total. The second-order valence-corrected chi connectivity index (χ2v) is 7.24. The van der Waals surface area contributed by atoms with E-state index in [4.69, 9.17) is 32.7 Å². The van der Waals surface area contributed by atoms with Crippen molar-refractivity contribution in [1.29, 1.82) is 0 Å². The molecule has 2 heterocycles. The Labute approximate surface area is 165 Å². The number of carbonyl (C=O) groups is 2. The number of likely N-dealkylation sites (tertiary alicyclic amines) is 1. The van der Waals surface area contributed by atoms with Crippen molar-refractivity contribution in [3.05, 3.63) is 52.0 Å². The number of ether oxygens (including phenoxy) is 2. The van der Waals surface area contributed by atoms with Crippen LogP contribution in [0, 0.1) is 0 Å². The maximum Gasteiger partial charge on any atom is 0.254 e. The molecule has 0 saturated carbocycles. The number of nitrogens with zero attached hydrogens (tertiary/aromatic N) is 1. The highest BCUT2D eigenvalue weighted by molar-refractivity contribution is 6.35. The predicted molar refractivity (Wildman–Crippen MR) is 102 cm³/mol. The first kappa shape index (κ1) is 17.9. The van der Waals surface area contributed by atoms with Crippen LogP contribution in [0.3, 0.4) is 0 Å². The molecule has 0 aromatic heterocycles. The summed E-state index contributed by atoms with van der Waals surface area (Å²) in [5, 5.41) is 3.65. The van der Waals surface area contributed by atoms with Gasteiger partial charge in [-0.15, -0.1) is 0 Å².